The van der Waals surface area contributed by atoms with Crippen molar-refractivity contribution >= 4 is 12.0 Å². The lowest BCUT2D eigenvalue weighted by Gasteiger charge is -2.11. The molecular formula is C22H26O2. The van der Waals surface area contributed by atoms with E-state index in [9.17, 15) is 4.79 Å². The molecule has 2 heteroatoms. The van der Waals surface area contributed by atoms with Gasteiger partial charge in [0.05, 0.1) is 0 Å². The predicted octanol–water partition coefficient (Wildman–Crippen LogP) is 5.22. The van der Waals surface area contributed by atoms with Gasteiger partial charge in [0.2, 0.25) is 0 Å². The van der Waals surface area contributed by atoms with E-state index in [1.807, 2.05) is 18.2 Å². The van der Waals surface area contributed by atoms with Crippen molar-refractivity contribution in [3.05, 3.63) is 76.9 Å². The fraction of sp³-hybridized carbons (Fsp3) is 0.318. The van der Waals surface area contributed by atoms with Gasteiger partial charge in [0.1, 0.15) is 6.61 Å². The highest BCUT2D eigenvalue weighted by Gasteiger charge is 2.06. The molecule has 0 atom stereocenters. The van der Waals surface area contributed by atoms with E-state index < -0.39 is 0 Å². The number of unbranched alkanes of at least 4 members (excludes halogenated alkanes) is 1. The maximum absolute atomic E-state index is 11.2. The summed E-state index contributed by atoms with van der Waals surface area (Å²) in [6.45, 7) is 4.00. The van der Waals surface area contributed by atoms with Gasteiger partial charge in [-0.05, 0) is 41.5 Å². The van der Waals surface area contributed by atoms with Crippen LogP contribution in [0.25, 0.3) is 6.08 Å². The fourth-order valence-corrected chi connectivity index (χ4v) is 2.69. The molecule has 2 aromatic rings. The molecule has 2 nitrogen and oxygen atoms in total. The molecular weight excluding hydrogens is 296 g/mol. The molecule has 126 valence electrons. The lowest BCUT2D eigenvalue weighted by molar-refractivity contribution is -0.139. The topological polar surface area (TPSA) is 26.3 Å². The highest BCUT2D eigenvalue weighted by molar-refractivity contribution is 5.66. The SMILES string of the molecule is CCCCc1ccccc1/C=C(\COC(C)=O)Cc1ccccc1. The number of benzene rings is 2. The van der Waals surface area contributed by atoms with E-state index in [1.54, 1.807) is 0 Å². The number of aryl methyl sites for hydroxylation is 1. The molecule has 2 rings (SSSR count). The first-order chi connectivity index (χ1) is 11.7. The van der Waals surface area contributed by atoms with Crippen molar-refractivity contribution in [1.82, 2.24) is 0 Å². The second kappa shape index (κ2) is 9.71. The van der Waals surface area contributed by atoms with E-state index in [0.717, 1.165) is 18.4 Å². The molecule has 0 radical (unpaired) electrons. The Hall–Kier alpha value is -2.35. The number of ether oxygens (including phenoxy) is 1. The zero-order valence-corrected chi connectivity index (χ0v) is 14.6. The van der Waals surface area contributed by atoms with Crippen LogP contribution in [-0.2, 0) is 22.4 Å². The van der Waals surface area contributed by atoms with Crippen LogP contribution in [0.3, 0.4) is 0 Å². The highest BCUT2D eigenvalue weighted by Crippen LogP contribution is 2.18. The molecule has 0 unspecified atom stereocenters. The summed E-state index contributed by atoms with van der Waals surface area (Å²) in [5, 5.41) is 0. The van der Waals surface area contributed by atoms with Crippen LogP contribution < -0.4 is 0 Å². The summed E-state index contributed by atoms with van der Waals surface area (Å²) in [5.74, 6) is -0.242. The monoisotopic (exact) mass is 322 g/mol. The van der Waals surface area contributed by atoms with Crippen LogP contribution in [0.2, 0.25) is 0 Å². The Kier molecular flexibility index (Phi) is 7.28. The molecule has 0 aliphatic heterocycles. The summed E-state index contributed by atoms with van der Waals surface area (Å²) >= 11 is 0. The van der Waals surface area contributed by atoms with Gasteiger partial charge >= 0.3 is 5.97 Å². The minimum Gasteiger partial charge on any atom is -0.461 e. The van der Waals surface area contributed by atoms with Crippen LogP contribution in [0, 0.1) is 0 Å². The fourth-order valence-electron chi connectivity index (χ4n) is 2.69. The summed E-state index contributed by atoms with van der Waals surface area (Å²) in [6, 6.07) is 18.8. The summed E-state index contributed by atoms with van der Waals surface area (Å²) in [5.41, 5.74) is 4.92. The molecule has 0 aliphatic rings. The van der Waals surface area contributed by atoms with Gasteiger partial charge in [0.25, 0.3) is 0 Å². The Balaban J connectivity index is 2.24. The Morgan fingerprint density at radius 1 is 1.04 bits per heavy atom. The highest BCUT2D eigenvalue weighted by atomic mass is 16.5. The molecule has 0 fully saturated rings. The molecule has 0 bridgehead atoms. The average molecular weight is 322 g/mol. The number of esters is 1. The van der Waals surface area contributed by atoms with Crippen molar-refractivity contribution in [1.29, 1.82) is 0 Å². The molecule has 0 heterocycles. The minimum absolute atomic E-state index is 0.242. The number of hydrogen-bond donors (Lipinski definition) is 0. The van der Waals surface area contributed by atoms with Crippen LogP contribution in [-0.4, -0.2) is 12.6 Å². The largest absolute Gasteiger partial charge is 0.461 e. The summed E-state index contributed by atoms with van der Waals surface area (Å²) < 4.78 is 5.26. The second-order valence-corrected chi connectivity index (χ2v) is 6.05. The average Bonchev–Trinajstić information content (AvgIpc) is 2.60. The van der Waals surface area contributed by atoms with Gasteiger partial charge in [-0.15, -0.1) is 0 Å². The Bertz CT molecular complexity index is 671. The third-order valence-electron chi connectivity index (χ3n) is 3.95. The van der Waals surface area contributed by atoms with Gasteiger partial charge in [-0.25, -0.2) is 0 Å². The zero-order chi connectivity index (χ0) is 17.2. The van der Waals surface area contributed by atoms with E-state index in [0.29, 0.717) is 6.61 Å². The standard InChI is InChI=1S/C22H26O2/c1-3-4-12-21-13-8-9-14-22(21)16-20(17-24-18(2)23)15-19-10-6-5-7-11-19/h5-11,13-14,16H,3-4,12,15,17H2,1-2H3/b20-16-. The van der Waals surface area contributed by atoms with Crippen molar-refractivity contribution in [2.75, 3.05) is 6.61 Å². The zero-order valence-electron chi connectivity index (χ0n) is 14.6. The van der Waals surface area contributed by atoms with Crippen LogP contribution in [0.1, 0.15) is 43.4 Å². The maximum atomic E-state index is 11.2. The number of hydrogen-bond acceptors (Lipinski definition) is 2. The molecule has 0 aromatic heterocycles. The Morgan fingerprint density at radius 2 is 1.75 bits per heavy atom. The smallest absolute Gasteiger partial charge is 0.302 e. The number of rotatable bonds is 8. The first kappa shape index (κ1) is 18.0. The van der Waals surface area contributed by atoms with Crippen LogP contribution in [0.4, 0.5) is 0 Å². The predicted molar refractivity (Wildman–Crippen MR) is 99.8 cm³/mol. The molecule has 0 aliphatic carbocycles. The van der Waals surface area contributed by atoms with Crippen LogP contribution in [0.15, 0.2) is 60.2 Å². The van der Waals surface area contributed by atoms with Crippen molar-refractivity contribution in [2.45, 2.75) is 39.5 Å². The summed E-state index contributed by atoms with van der Waals surface area (Å²) in [4.78, 5) is 11.2. The van der Waals surface area contributed by atoms with Gasteiger partial charge in [-0.1, -0.05) is 74.0 Å². The third-order valence-corrected chi connectivity index (χ3v) is 3.95. The molecule has 24 heavy (non-hydrogen) atoms. The lowest BCUT2D eigenvalue weighted by atomic mass is 9.98. The maximum Gasteiger partial charge on any atom is 0.302 e. The van der Waals surface area contributed by atoms with E-state index in [2.05, 4.69) is 49.4 Å². The van der Waals surface area contributed by atoms with Gasteiger partial charge in [0.15, 0.2) is 0 Å². The molecule has 0 spiro atoms. The molecule has 0 N–H and O–H groups in total. The third kappa shape index (κ3) is 6.04. The summed E-state index contributed by atoms with van der Waals surface area (Å²) in [7, 11) is 0. The van der Waals surface area contributed by atoms with Gasteiger partial charge in [-0.2, -0.15) is 0 Å². The van der Waals surface area contributed by atoms with Crippen molar-refractivity contribution < 1.29 is 9.53 Å². The summed E-state index contributed by atoms with van der Waals surface area (Å²) in [6.07, 6.45) is 6.41. The quantitative estimate of drug-likeness (QED) is 0.623. The number of carbonyl (C=O) groups excluding carboxylic acids is 1. The molecule has 2 aromatic carbocycles. The normalized spacial score (nSPS) is 11.3. The molecule has 0 saturated heterocycles. The van der Waals surface area contributed by atoms with Crippen LogP contribution in [0.5, 0.6) is 0 Å². The first-order valence-corrected chi connectivity index (χ1v) is 8.63. The van der Waals surface area contributed by atoms with E-state index in [4.69, 9.17) is 4.74 Å². The van der Waals surface area contributed by atoms with Crippen molar-refractivity contribution in [3.8, 4) is 0 Å². The van der Waals surface area contributed by atoms with E-state index in [-0.39, 0.29) is 5.97 Å². The second-order valence-electron chi connectivity index (χ2n) is 6.05. The van der Waals surface area contributed by atoms with E-state index >= 15 is 0 Å². The minimum atomic E-state index is -0.242. The van der Waals surface area contributed by atoms with Crippen molar-refractivity contribution in [2.24, 2.45) is 0 Å². The Morgan fingerprint density at radius 3 is 2.46 bits per heavy atom. The van der Waals surface area contributed by atoms with Crippen LogP contribution >= 0.6 is 0 Å². The molecule has 0 amide bonds. The first-order valence-electron chi connectivity index (χ1n) is 8.63. The van der Waals surface area contributed by atoms with Crippen molar-refractivity contribution in [3.63, 3.8) is 0 Å². The Labute approximate surface area is 145 Å². The van der Waals surface area contributed by atoms with E-state index in [1.165, 1.54) is 36.5 Å². The number of carbonyl (C=O) groups is 1. The van der Waals surface area contributed by atoms with Gasteiger partial charge in [0, 0.05) is 6.92 Å². The van der Waals surface area contributed by atoms with Gasteiger partial charge < -0.3 is 4.74 Å². The van der Waals surface area contributed by atoms with Gasteiger partial charge in [-0.3, -0.25) is 4.79 Å². The molecule has 0 saturated carbocycles. The lowest BCUT2D eigenvalue weighted by Crippen LogP contribution is -2.06.